The lowest BCUT2D eigenvalue weighted by molar-refractivity contribution is -0.385. The number of nitro benzene ring substituents is 1. The summed E-state index contributed by atoms with van der Waals surface area (Å²) in [5, 5.41) is 21.5. The van der Waals surface area contributed by atoms with Gasteiger partial charge in [-0.1, -0.05) is 0 Å². The molecule has 19 heavy (non-hydrogen) atoms. The monoisotopic (exact) mass is 271 g/mol. The smallest absolute Gasteiger partial charge is 0.319 e. The van der Waals surface area contributed by atoms with Gasteiger partial charge in [0.2, 0.25) is 11.6 Å². The van der Waals surface area contributed by atoms with Gasteiger partial charge in [0, 0.05) is 6.07 Å². The van der Waals surface area contributed by atoms with Gasteiger partial charge >= 0.3 is 5.69 Å². The number of hydrogen-bond acceptors (Lipinski definition) is 6. The van der Waals surface area contributed by atoms with Crippen molar-refractivity contribution in [1.82, 2.24) is 4.98 Å². The highest BCUT2D eigenvalue weighted by Crippen LogP contribution is 2.39. The molecule has 0 amide bonds. The number of aromatic nitrogens is 1. The van der Waals surface area contributed by atoms with Gasteiger partial charge in [-0.2, -0.15) is 4.39 Å². The van der Waals surface area contributed by atoms with Crippen LogP contribution in [0.2, 0.25) is 0 Å². The second-order valence-corrected chi connectivity index (χ2v) is 3.44. The topological polar surface area (TPSA) is 126 Å². The summed E-state index contributed by atoms with van der Waals surface area (Å²) in [5.74, 6) is -4.62. The molecule has 0 radical (unpaired) electrons. The molecule has 2 N–H and O–H groups in total. The van der Waals surface area contributed by atoms with Crippen LogP contribution in [-0.2, 0) is 0 Å². The highest BCUT2D eigenvalue weighted by molar-refractivity contribution is 5.99. The third-order valence-electron chi connectivity index (χ3n) is 2.39. The number of fused-ring (bicyclic) bond motifs is 1. The van der Waals surface area contributed by atoms with E-state index in [1.807, 2.05) is 4.98 Å². The fourth-order valence-corrected chi connectivity index (χ4v) is 1.62. The number of benzene rings is 1. The van der Waals surface area contributed by atoms with Crippen molar-refractivity contribution in [2.75, 3.05) is 0 Å². The van der Waals surface area contributed by atoms with Crippen molar-refractivity contribution >= 4 is 22.3 Å². The van der Waals surface area contributed by atoms with Crippen LogP contribution in [0.4, 0.5) is 20.2 Å². The minimum atomic E-state index is -1.83. The Morgan fingerprint density at radius 1 is 1.42 bits per heavy atom. The molecule has 2 aromatic rings. The summed E-state index contributed by atoms with van der Waals surface area (Å²) in [6.45, 7) is 0. The predicted molar refractivity (Wildman–Crippen MR) is 58.3 cm³/mol. The molecule has 0 spiro atoms. The van der Waals surface area contributed by atoms with Crippen LogP contribution >= 0.6 is 0 Å². The molecule has 0 aliphatic carbocycles. The number of nitrogens with zero attached hydrogens (tertiary/aromatic N) is 2. The van der Waals surface area contributed by atoms with E-state index in [1.54, 1.807) is 0 Å². The molecule has 10 heteroatoms. The first kappa shape index (κ1) is 12.5. The molecule has 98 valence electrons. The zero-order valence-electron chi connectivity index (χ0n) is 8.81. The van der Waals surface area contributed by atoms with Crippen molar-refractivity contribution in [2.45, 2.75) is 0 Å². The highest BCUT2D eigenvalue weighted by Gasteiger charge is 2.29. The van der Waals surface area contributed by atoms with Crippen LogP contribution in [0.1, 0.15) is 0 Å². The molecule has 2 rings (SSSR count). The molecule has 8 nitrogen and oxygen atoms in total. The van der Waals surface area contributed by atoms with Crippen LogP contribution in [0.15, 0.2) is 16.0 Å². The Kier molecular flexibility index (Phi) is 2.70. The maximum absolute atomic E-state index is 13.4. The number of hydrogen-bond donors (Lipinski definition) is 2. The third kappa shape index (κ3) is 1.69. The molecule has 1 aromatic heterocycles. The number of aromatic hydroxyl groups is 1. The third-order valence-corrected chi connectivity index (χ3v) is 2.39. The molecular weight excluding hydrogens is 268 g/mol. The van der Waals surface area contributed by atoms with Crippen molar-refractivity contribution in [3.05, 3.63) is 43.1 Å². The van der Waals surface area contributed by atoms with Crippen molar-refractivity contribution < 1.29 is 18.8 Å². The van der Waals surface area contributed by atoms with Crippen molar-refractivity contribution in [1.29, 1.82) is 0 Å². The Labute approximate surface area is 101 Å². The molecule has 0 unspecified atom stereocenters. The molecule has 0 fully saturated rings. The molecule has 0 aliphatic heterocycles. The van der Waals surface area contributed by atoms with E-state index in [1.165, 1.54) is 0 Å². The molecule has 1 heterocycles. The van der Waals surface area contributed by atoms with Gasteiger partial charge in [-0.3, -0.25) is 14.9 Å². The van der Waals surface area contributed by atoms with Gasteiger partial charge in [0.15, 0.2) is 11.5 Å². The summed E-state index contributed by atoms with van der Waals surface area (Å²) < 4.78 is 26.6. The zero-order chi connectivity index (χ0) is 14.3. The lowest BCUT2D eigenvalue weighted by Crippen LogP contribution is -2.07. The Bertz CT molecular complexity index is 786. The maximum Gasteiger partial charge on any atom is 0.319 e. The number of nitroso groups, excluding NO2 is 1. The number of rotatable bonds is 2. The van der Waals surface area contributed by atoms with Crippen LogP contribution < -0.4 is 5.56 Å². The van der Waals surface area contributed by atoms with E-state index in [2.05, 4.69) is 5.18 Å². The molecule has 0 bridgehead atoms. The van der Waals surface area contributed by atoms with Gasteiger partial charge in [-0.15, -0.1) is 4.91 Å². The van der Waals surface area contributed by atoms with E-state index in [0.717, 1.165) is 0 Å². The van der Waals surface area contributed by atoms with Gasteiger partial charge < -0.3 is 10.1 Å². The number of pyridine rings is 1. The fraction of sp³-hybridized carbons (Fsp3) is 0. The minimum Gasteiger partial charge on any atom is -0.501 e. The van der Waals surface area contributed by atoms with E-state index < -0.39 is 50.1 Å². The van der Waals surface area contributed by atoms with E-state index in [0.29, 0.717) is 6.07 Å². The molecule has 0 saturated heterocycles. The predicted octanol–water partition coefficient (Wildman–Crippen LogP) is 1.82. The quantitative estimate of drug-likeness (QED) is 0.489. The largest absolute Gasteiger partial charge is 0.501 e. The first-order valence-electron chi connectivity index (χ1n) is 4.63. The minimum absolute atomic E-state index is 0.452. The Hall–Kier alpha value is -2.91. The van der Waals surface area contributed by atoms with Crippen LogP contribution in [0.5, 0.6) is 5.75 Å². The highest BCUT2D eigenvalue weighted by atomic mass is 19.2. The lowest BCUT2D eigenvalue weighted by Gasteiger charge is -2.04. The molecule has 0 saturated carbocycles. The van der Waals surface area contributed by atoms with Crippen LogP contribution in [-0.4, -0.2) is 15.0 Å². The second kappa shape index (κ2) is 4.08. The summed E-state index contributed by atoms with van der Waals surface area (Å²) >= 11 is 0. The Balaban J connectivity index is 3.19. The number of nitro groups is 1. The van der Waals surface area contributed by atoms with Crippen LogP contribution in [0.3, 0.4) is 0 Å². The average Bonchev–Trinajstić information content (AvgIpc) is 2.33. The summed E-state index contributed by atoms with van der Waals surface area (Å²) in [6, 6.07) is 0.452. The lowest BCUT2D eigenvalue weighted by atomic mass is 10.1. The molecule has 1 aromatic carbocycles. The first-order valence-corrected chi connectivity index (χ1v) is 4.63. The van der Waals surface area contributed by atoms with Gasteiger partial charge in [0.25, 0.3) is 5.56 Å². The summed E-state index contributed by atoms with van der Waals surface area (Å²) in [4.78, 5) is 33.1. The molecule has 0 atom stereocenters. The summed E-state index contributed by atoms with van der Waals surface area (Å²) in [7, 11) is 0. The zero-order valence-corrected chi connectivity index (χ0v) is 8.81. The average molecular weight is 271 g/mol. The van der Waals surface area contributed by atoms with Gasteiger partial charge in [0.1, 0.15) is 5.39 Å². The van der Waals surface area contributed by atoms with Gasteiger partial charge in [0.05, 0.1) is 10.4 Å². The Morgan fingerprint density at radius 2 is 2.05 bits per heavy atom. The van der Waals surface area contributed by atoms with Crippen molar-refractivity contribution in [2.24, 2.45) is 5.18 Å². The molecule has 0 aliphatic rings. The van der Waals surface area contributed by atoms with Crippen molar-refractivity contribution in [3.63, 3.8) is 0 Å². The SMILES string of the molecule is O=Nc1c(O)c(=O)[nH]c2cc(F)c(F)c([N+](=O)[O-])c12. The number of nitrogens with one attached hydrogen (secondary N) is 1. The fourth-order valence-electron chi connectivity index (χ4n) is 1.62. The van der Waals surface area contributed by atoms with E-state index in [4.69, 9.17) is 0 Å². The second-order valence-electron chi connectivity index (χ2n) is 3.44. The normalized spacial score (nSPS) is 10.6. The van der Waals surface area contributed by atoms with Gasteiger partial charge in [-0.25, -0.2) is 4.39 Å². The number of halogens is 2. The number of aromatic amines is 1. The summed E-state index contributed by atoms with van der Waals surface area (Å²) in [6.07, 6.45) is 0. The van der Waals surface area contributed by atoms with E-state index in [9.17, 15) is 33.7 Å². The van der Waals surface area contributed by atoms with E-state index in [-0.39, 0.29) is 0 Å². The van der Waals surface area contributed by atoms with E-state index >= 15 is 0 Å². The first-order chi connectivity index (χ1) is 8.88. The number of H-pyrrole nitrogens is 1. The van der Waals surface area contributed by atoms with Gasteiger partial charge in [-0.05, 0) is 5.18 Å². The summed E-state index contributed by atoms with van der Waals surface area (Å²) in [5.41, 5.74) is -4.15. The van der Waals surface area contributed by atoms with Crippen LogP contribution in [0.25, 0.3) is 10.9 Å². The van der Waals surface area contributed by atoms with Crippen LogP contribution in [0, 0.1) is 26.7 Å². The molecular formula is C9H3F2N3O5. The van der Waals surface area contributed by atoms with Crippen molar-refractivity contribution in [3.8, 4) is 5.75 Å². The Morgan fingerprint density at radius 3 is 2.58 bits per heavy atom. The standard InChI is InChI=1S/C9H3F2N3O5/c10-2-1-3-4(7(5(2)11)14(18)19)6(13-17)8(15)9(16)12-3/h1,15H,(H,12,16). The maximum atomic E-state index is 13.4.